The molecule has 21 heavy (non-hydrogen) atoms. The highest BCUT2D eigenvalue weighted by atomic mass is 16.6. The third-order valence-electron chi connectivity index (χ3n) is 3.75. The van der Waals surface area contributed by atoms with Crippen molar-refractivity contribution in [2.45, 2.75) is 45.8 Å². The fourth-order valence-electron chi connectivity index (χ4n) is 2.31. The third-order valence-corrected chi connectivity index (χ3v) is 3.75. The molecule has 0 aromatic heterocycles. The molecule has 1 atom stereocenters. The van der Waals surface area contributed by atoms with E-state index in [0.29, 0.717) is 6.54 Å². The highest BCUT2D eigenvalue weighted by Gasteiger charge is 2.27. The number of likely N-dealkylation sites (tertiary alicyclic amines) is 1. The van der Waals surface area contributed by atoms with Gasteiger partial charge >= 0.3 is 6.09 Å². The molecular weight excluding hydrogens is 270 g/mol. The Kier molecular flexibility index (Phi) is 6.01. The van der Waals surface area contributed by atoms with Crippen molar-refractivity contribution in [1.82, 2.24) is 14.7 Å². The number of likely N-dealkylation sites (N-methyl/N-ethyl adjacent to an activating group) is 2. The minimum Gasteiger partial charge on any atom is -0.444 e. The number of hydrogen-bond acceptors (Lipinski definition) is 4. The summed E-state index contributed by atoms with van der Waals surface area (Å²) in [4.78, 5) is 28.9. The van der Waals surface area contributed by atoms with Gasteiger partial charge in [-0.15, -0.1) is 0 Å². The Labute approximate surface area is 128 Å². The number of nitrogens with zero attached hydrogens (tertiary/aromatic N) is 3. The Bertz CT molecular complexity index is 379. The molecule has 2 amide bonds. The van der Waals surface area contributed by atoms with Crippen molar-refractivity contribution in [3.63, 3.8) is 0 Å². The van der Waals surface area contributed by atoms with Crippen LogP contribution in [0.5, 0.6) is 0 Å². The maximum atomic E-state index is 11.9. The summed E-state index contributed by atoms with van der Waals surface area (Å²) in [5.41, 5.74) is -0.464. The largest absolute Gasteiger partial charge is 0.444 e. The first-order chi connectivity index (χ1) is 9.60. The fraction of sp³-hybridized carbons (Fsp3) is 0.867. The van der Waals surface area contributed by atoms with E-state index in [1.807, 2.05) is 27.8 Å². The number of hydrogen-bond donors (Lipinski definition) is 0. The lowest BCUT2D eigenvalue weighted by Gasteiger charge is -2.27. The van der Waals surface area contributed by atoms with Crippen molar-refractivity contribution >= 4 is 12.0 Å². The number of carbonyl (C=O) groups is 2. The molecule has 1 rings (SSSR count). The second kappa shape index (κ2) is 7.11. The number of carbonyl (C=O) groups excluding carboxylic acids is 2. The molecule has 6 nitrogen and oxygen atoms in total. The Morgan fingerprint density at radius 2 is 1.90 bits per heavy atom. The first kappa shape index (κ1) is 17.8. The van der Waals surface area contributed by atoms with Crippen molar-refractivity contribution in [2.75, 3.05) is 40.3 Å². The van der Waals surface area contributed by atoms with Gasteiger partial charge in [0.2, 0.25) is 5.91 Å². The highest BCUT2D eigenvalue weighted by molar-refractivity contribution is 5.73. The summed E-state index contributed by atoms with van der Waals surface area (Å²) in [6.45, 7) is 10.5. The molecule has 1 heterocycles. The molecule has 0 N–H and O–H groups in total. The molecule has 0 saturated carbocycles. The molecule has 0 bridgehead atoms. The van der Waals surface area contributed by atoms with Gasteiger partial charge in [-0.05, 0) is 27.2 Å². The van der Waals surface area contributed by atoms with Crippen LogP contribution in [0.4, 0.5) is 4.79 Å². The monoisotopic (exact) mass is 299 g/mol. The molecule has 1 fully saturated rings. The Balaban J connectivity index is 2.33. The molecule has 6 heteroatoms. The summed E-state index contributed by atoms with van der Waals surface area (Å²) in [5.74, 6) is 0.104. The molecule has 0 aliphatic carbocycles. The smallest absolute Gasteiger partial charge is 0.410 e. The zero-order chi connectivity index (χ0) is 16.2. The molecule has 1 saturated heterocycles. The summed E-state index contributed by atoms with van der Waals surface area (Å²) in [7, 11) is 3.60. The van der Waals surface area contributed by atoms with Crippen molar-refractivity contribution in [1.29, 1.82) is 0 Å². The third kappa shape index (κ3) is 5.91. The van der Waals surface area contributed by atoms with Crippen LogP contribution >= 0.6 is 0 Å². The summed E-state index contributed by atoms with van der Waals surface area (Å²) >= 11 is 0. The lowest BCUT2D eigenvalue weighted by Crippen LogP contribution is -2.41. The molecule has 122 valence electrons. The van der Waals surface area contributed by atoms with Gasteiger partial charge in [-0.1, -0.05) is 0 Å². The minimum absolute atomic E-state index is 0.104. The van der Waals surface area contributed by atoms with Gasteiger partial charge in [-0.2, -0.15) is 0 Å². The molecule has 0 spiro atoms. The summed E-state index contributed by atoms with van der Waals surface area (Å²) in [6.07, 6.45) is 0.700. The van der Waals surface area contributed by atoms with Gasteiger partial charge in [0.15, 0.2) is 0 Å². The summed E-state index contributed by atoms with van der Waals surface area (Å²) < 4.78 is 5.32. The second-order valence-corrected chi connectivity index (χ2v) is 6.77. The van der Waals surface area contributed by atoms with Gasteiger partial charge < -0.3 is 14.5 Å². The predicted octanol–water partition coefficient (Wildman–Crippen LogP) is 1.41. The number of rotatable bonds is 4. The van der Waals surface area contributed by atoms with Crippen LogP contribution in [0.1, 0.15) is 34.1 Å². The quantitative estimate of drug-likeness (QED) is 0.787. The van der Waals surface area contributed by atoms with Crippen LogP contribution in [0.2, 0.25) is 0 Å². The van der Waals surface area contributed by atoms with E-state index in [0.717, 1.165) is 26.1 Å². The fourth-order valence-corrected chi connectivity index (χ4v) is 2.31. The van der Waals surface area contributed by atoms with E-state index >= 15 is 0 Å². The first-order valence-corrected chi connectivity index (χ1v) is 7.50. The van der Waals surface area contributed by atoms with E-state index in [1.165, 1.54) is 0 Å². The Morgan fingerprint density at radius 1 is 1.29 bits per heavy atom. The molecule has 1 aliphatic heterocycles. The Hall–Kier alpha value is -1.30. The van der Waals surface area contributed by atoms with Crippen LogP contribution in [0.3, 0.4) is 0 Å². The lowest BCUT2D eigenvalue weighted by atomic mass is 10.2. The van der Waals surface area contributed by atoms with Crippen molar-refractivity contribution in [3.8, 4) is 0 Å². The Morgan fingerprint density at radius 3 is 2.43 bits per heavy atom. The second-order valence-electron chi connectivity index (χ2n) is 6.77. The van der Waals surface area contributed by atoms with E-state index in [-0.39, 0.29) is 18.0 Å². The van der Waals surface area contributed by atoms with Gasteiger partial charge in [0.05, 0.1) is 0 Å². The normalized spacial score (nSPS) is 19.4. The SMILES string of the molecule is CC(=O)N(C)C1CCN(CCN(C)C(=O)OC(C)(C)C)C1. The van der Waals surface area contributed by atoms with Crippen molar-refractivity contribution in [3.05, 3.63) is 0 Å². The maximum Gasteiger partial charge on any atom is 0.410 e. The van der Waals surface area contributed by atoms with E-state index in [1.54, 1.807) is 23.8 Å². The molecule has 1 aliphatic rings. The van der Waals surface area contributed by atoms with Crippen LogP contribution in [0, 0.1) is 0 Å². The van der Waals surface area contributed by atoms with Crippen LogP contribution in [0.15, 0.2) is 0 Å². The van der Waals surface area contributed by atoms with Crippen LogP contribution in [-0.4, -0.2) is 78.6 Å². The molecule has 0 aromatic carbocycles. The van der Waals surface area contributed by atoms with E-state index in [2.05, 4.69) is 4.90 Å². The highest BCUT2D eigenvalue weighted by Crippen LogP contribution is 2.14. The van der Waals surface area contributed by atoms with Crippen LogP contribution in [0.25, 0.3) is 0 Å². The first-order valence-electron chi connectivity index (χ1n) is 7.50. The predicted molar refractivity (Wildman–Crippen MR) is 82.2 cm³/mol. The van der Waals surface area contributed by atoms with Crippen molar-refractivity contribution in [2.24, 2.45) is 0 Å². The van der Waals surface area contributed by atoms with Crippen molar-refractivity contribution < 1.29 is 14.3 Å². The van der Waals surface area contributed by atoms with Gasteiger partial charge in [0, 0.05) is 53.2 Å². The average Bonchev–Trinajstić information content (AvgIpc) is 2.81. The van der Waals surface area contributed by atoms with E-state index in [9.17, 15) is 9.59 Å². The minimum atomic E-state index is -0.464. The summed E-state index contributed by atoms with van der Waals surface area (Å²) in [5, 5.41) is 0. The standard InChI is InChI=1S/C15H29N3O3/c1-12(19)17(6)13-7-8-18(11-13)10-9-16(5)14(20)21-15(2,3)4/h13H,7-11H2,1-6H3. The van der Waals surface area contributed by atoms with Crippen LogP contribution in [-0.2, 0) is 9.53 Å². The zero-order valence-corrected chi connectivity index (χ0v) is 14.2. The molecular formula is C15H29N3O3. The number of amides is 2. The van der Waals surface area contributed by atoms with Gasteiger partial charge in [0.25, 0.3) is 0 Å². The number of ether oxygens (including phenoxy) is 1. The van der Waals surface area contributed by atoms with E-state index in [4.69, 9.17) is 4.74 Å². The van der Waals surface area contributed by atoms with Crippen LogP contribution < -0.4 is 0 Å². The van der Waals surface area contributed by atoms with Gasteiger partial charge in [-0.3, -0.25) is 9.69 Å². The molecule has 0 radical (unpaired) electrons. The maximum absolute atomic E-state index is 11.9. The van der Waals surface area contributed by atoms with Gasteiger partial charge in [0.1, 0.15) is 5.60 Å². The molecule has 0 aromatic rings. The summed E-state index contributed by atoms with van der Waals surface area (Å²) in [6, 6.07) is 0.286. The zero-order valence-electron chi connectivity index (χ0n) is 14.2. The lowest BCUT2D eigenvalue weighted by molar-refractivity contribution is -0.129. The average molecular weight is 299 g/mol. The van der Waals surface area contributed by atoms with Gasteiger partial charge in [-0.25, -0.2) is 4.79 Å². The topological polar surface area (TPSA) is 53.1 Å². The van der Waals surface area contributed by atoms with E-state index < -0.39 is 5.60 Å². The molecule has 1 unspecified atom stereocenters.